The zero-order valence-electron chi connectivity index (χ0n) is 9.87. The van der Waals surface area contributed by atoms with Gasteiger partial charge in [0.25, 0.3) is 0 Å². The summed E-state index contributed by atoms with van der Waals surface area (Å²) in [5.41, 5.74) is 0. The van der Waals surface area contributed by atoms with Crippen molar-refractivity contribution in [3.05, 3.63) is 0 Å². The van der Waals surface area contributed by atoms with E-state index in [-0.39, 0.29) is 0 Å². The number of nitrogens with zero attached hydrogens (tertiary/aromatic N) is 1. The molecule has 0 aromatic rings. The van der Waals surface area contributed by atoms with Crippen LogP contribution in [0.3, 0.4) is 0 Å². The van der Waals surface area contributed by atoms with Crippen LogP contribution in [0.1, 0.15) is 25.7 Å². The molecule has 2 aliphatic rings. The maximum Gasteiger partial charge on any atom is 0.0700 e. The Labute approximate surface area is 93.2 Å². The first-order valence-electron chi connectivity index (χ1n) is 6.35. The third kappa shape index (κ3) is 3.74. The van der Waals surface area contributed by atoms with Gasteiger partial charge in [-0.25, -0.2) is 0 Å². The molecule has 1 N–H and O–H groups in total. The molecule has 3 heteroatoms. The number of hydrogen-bond donors (Lipinski definition) is 1. The highest BCUT2D eigenvalue weighted by atomic mass is 16.5. The van der Waals surface area contributed by atoms with Crippen LogP contribution in [-0.4, -0.2) is 50.8 Å². The van der Waals surface area contributed by atoms with Crippen LogP contribution in [0.4, 0.5) is 0 Å². The largest absolute Gasteiger partial charge is 0.377 e. The van der Waals surface area contributed by atoms with Gasteiger partial charge in [-0.15, -0.1) is 0 Å². The van der Waals surface area contributed by atoms with Crippen LogP contribution in [0.2, 0.25) is 0 Å². The van der Waals surface area contributed by atoms with Gasteiger partial charge in [0.15, 0.2) is 0 Å². The normalized spacial score (nSPS) is 29.8. The number of piperidine rings is 1. The molecule has 2 fully saturated rings. The van der Waals surface area contributed by atoms with Crippen molar-refractivity contribution in [2.24, 2.45) is 5.92 Å². The average molecular weight is 212 g/mol. The van der Waals surface area contributed by atoms with Crippen molar-refractivity contribution < 1.29 is 4.74 Å². The number of ether oxygens (including phenoxy) is 1. The quantitative estimate of drug-likeness (QED) is 0.755. The van der Waals surface area contributed by atoms with Crippen LogP contribution < -0.4 is 5.32 Å². The average Bonchev–Trinajstić information content (AvgIpc) is 2.74. The van der Waals surface area contributed by atoms with Crippen LogP contribution in [-0.2, 0) is 4.74 Å². The number of rotatable bonds is 4. The second-order valence-electron chi connectivity index (χ2n) is 5.04. The topological polar surface area (TPSA) is 24.5 Å². The highest BCUT2D eigenvalue weighted by Gasteiger charge is 2.18. The van der Waals surface area contributed by atoms with Crippen LogP contribution in [0, 0.1) is 5.92 Å². The highest BCUT2D eigenvalue weighted by molar-refractivity contribution is 4.73. The van der Waals surface area contributed by atoms with E-state index < -0.39 is 0 Å². The van der Waals surface area contributed by atoms with Crippen molar-refractivity contribution >= 4 is 0 Å². The lowest BCUT2D eigenvalue weighted by Crippen LogP contribution is -2.37. The molecule has 2 heterocycles. The molecule has 0 amide bonds. The zero-order valence-corrected chi connectivity index (χ0v) is 9.87. The van der Waals surface area contributed by atoms with Crippen LogP contribution in [0.25, 0.3) is 0 Å². The molecule has 2 saturated heterocycles. The minimum Gasteiger partial charge on any atom is -0.377 e. The van der Waals surface area contributed by atoms with Crippen LogP contribution in [0.5, 0.6) is 0 Å². The monoisotopic (exact) mass is 212 g/mol. The summed E-state index contributed by atoms with van der Waals surface area (Å²) in [6.45, 7) is 5.76. The lowest BCUT2D eigenvalue weighted by molar-refractivity contribution is 0.107. The summed E-state index contributed by atoms with van der Waals surface area (Å²) in [6, 6.07) is 0. The summed E-state index contributed by atoms with van der Waals surface area (Å²) in [4.78, 5) is 2.43. The predicted molar refractivity (Wildman–Crippen MR) is 62.1 cm³/mol. The molecule has 3 nitrogen and oxygen atoms in total. The van der Waals surface area contributed by atoms with Gasteiger partial charge in [-0.05, 0) is 58.3 Å². The van der Waals surface area contributed by atoms with Gasteiger partial charge in [0.1, 0.15) is 0 Å². The molecular formula is C12H24N2O. The molecular weight excluding hydrogens is 188 g/mol. The molecule has 2 aliphatic heterocycles. The molecule has 0 radical (unpaired) electrons. The number of nitrogens with one attached hydrogen (secondary N) is 1. The van der Waals surface area contributed by atoms with E-state index in [1.807, 2.05) is 0 Å². The molecule has 0 bridgehead atoms. The maximum atomic E-state index is 5.59. The van der Waals surface area contributed by atoms with Crippen LogP contribution >= 0.6 is 0 Å². The molecule has 1 atom stereocenters. The summed E-state index contributed by atoms with van der Waals surface area (Å²) in [5.74, 6) is 0.891. The fraction of sp³-hybridized carbons (Fsp3) is 1.00. The fourth-order valence-electron chi connectivity index (χ4n) is 2.52. The Morgan fingerprint density at radius 1 is 1.20 bits per heavy atom. The minimum atomic E-state index is 0.497. The van der Waals surface area contributed by atoms with Gasteiger partial charge in [0.05, 0.1) is 6.10 Å². The van der Waals surface area contributed by atoms with Gasteiger partial charge in [0, 0.05) is 13.2 Å². The highest BCUT2D eigenvalue weighted by Crippen LogP contribution is 2.15. The van der Waals surface area contributed by atoms with Crippen molar-refractivity contribution in [2.75, 3.05) is 39.8 Å². The van der Waals surface area contributed by atoms with E-state index in [0.717, 1.165) is 19.1 Å². The van der Waals surface area contributed by atoms with Crippen molar-refractivity contribution in [1.29, 1.82) is 0 Å². The van der Waals surface area contributed by atoms with Crippen molar-refractivity contribution in [3.63, 3.8) is 0 Å². The second kappa shape index (κ2) is 5.83. The Hall–Kier alpha value is -0.120. The first-order chi connectivity index (χ1) is 7.34. The molecule has 15 heavy (non-hydrogen) atoms. The number of hydrogen-bond acceptors (Lipinski definition) is 3. The Morgan fingerprint density at radius 2 is 2.00 bits per heavy atom. The van der Waals surface area contributed by atoms with E-state index in [0.29, 0.717) is 6.10 Å². The summed E-state index contributed by atoms with van der Waals surface area (Å²) in [6.07, 6.45) is 5.71. The Morgan fingerprint density at radius 3 is 2.67 bits per heavy atom. The second-order valence-corrected chi connectivity index (χ2v) is 5.04. The van der Waals surface area contributed by atoms with Crippen LogP contribution in [0.15, 0.2) is 0 Å². The third-order valence-electron chi connectivity index (χ3n) is 3.67. The molecule has 0 aromatic heterocycles. The van der Waals surface area contributed by atoms with Crippen molar-refractivity contribution in [2.45, 2.75) is 31.8 Å². The molecule has 0 aliphatic carbocycles. The van der Waals surface area contributed by atoms with Crippen molar-refractivity contribution in [1.82, 2.24) is 10.2 Å². The summed E-state index contributed by atoms with van der Waals surface area (Å²) in [7, 11) is 2.22. The van der Waals surface area contributed by atoms with E-state index in [1.165, 1.54) is 45.3 Å². The van der Waals surface area contributed by atoms with Gasteiger partial charge in [-0.1, -0.05) is 0 Å². The molecule has 0 spiro atoms. The summed E-state index contributed by atoms with van der Waals surface area (Å²) in [5, 5.41) is 3.57. The molecule has 0 saturated carbocycles. The van der Waals surface area contributed by atoms with Gasteiger partial charge in [0.2, 0.25) is 0 Å². The molecule has 88 valence electrons. The standard InChI is InChI=1S/C12H24N2O/c1-14-6-4-11(5-7-14)9-13-10-12-3-2-8-15-12/h11-13H,2-10H2,1H3. The Balaban J connectivity index is 1.53. The van der Waals surface area contributed by atoms with Gasteiger partial charge < -0.3 is 15.0 Å². The minimum absolute atomic E-state index is 0.497. The smallest absolute Gasteiger partial charge is 0.0700 e. The van der Waals surface area contributed by atoms with Gasteiger partial charge in [-0.2, -0.15) is 0 Å². The summed E-state index contributed by atoms with van der Waals surface area (Å²) < 4.78 is 5.59. The Kier molecular flexibility index (Phi) is 4.42. The lowest BCUT2D eigenvalue weighted by atomic mass is 9.97. The fourth-order valence-corrected chi connectivity index (χ4v) is 2.52. The Bertz CT molecular complexity index is 172. The number of likely N-dealkylation sites (tertiary alicyclic amines) is 1. The maximum absolute atomic E-state index is 5.59. The zero-order chi connectivity index (χ0) is 10.5. The lowest BCUT2D eigenvalue weighted by Gasteiger charge is -2.29. The molecule has 2 rings (SSSR count). The van der Waals surface area contributed by atoms with E-state index >= 15 is 0 Å². The van der Waals surface area contributed by atoms with E-state index in [1.54, 1.807) is 0 Å². The first kappa shape index (κ1) is 11.4. The van der Waals surface area contributed by atoms with Crippen molar-refractivity contribution in [3.8, 4) is 0 Å². The van der Waals surface area contributed by atoms with Gasteiger partial charge >= 0.3 is 0 Å². The van der Waals surface area contributed by atoms with E-state index in [9.17, 15) is 0 Å². The molecule has 0 aromatic carbocycles. The summed E-state index contributed by atoms with van der Waals surface area (Å²) >= 11 is 0. The predicted octanol–water partition coefficient (Wildman–Crippen LogP) is 1.10. The SMILES string of the molecule is CN1CCC(CNCC2CCCO2)CC1. The van der Waals surface area contributed by atoms with E-state index in [4.69, 9.17) is 4.74 Å². The van der Waals surface area contributed by atoms with Gasteiger partial charge in [-0.3, -0.25) is 0 Å². The first-order valence-corrected chi connectivity index (χ1v) is 6.35. The molecule has 1 unspecified atom stereocenters. The van der Waals surface area contributed by atoms with E-state index in [2.05, 4.69) is 17.3 Å². The third-order valence-corrected chi connectivity index (χ3v) is 3.67.